The first-order chi connectivity index (χ1) is 11.2. The lowest BCUT2D eigenvalue weighted by Gasteiger charge is -2.10. The van der Waals surface area contributed by atoms with Crippen molar-refractivity contribution in [2.45, 2.75) is 5.75 Å². The third kappa shape index (κ3) is 4.62. The summed E-state index contributed by atoms with van der Waals surface area (Å²) >= 11 is 6.88. The minimum atomic E-state index is -0.0791. The molecule has 1 heterocycles. The number of carbonyl (C=O) groups excluding carboxylic acids is 1. The average Bonchev–Trinajstić information content (AvgIpc) is 3.09. The molecule has 0 radical (unpaired) electrons. The quantitative estimate of drug-likeness (QED) is 0.772. The second-order valence-corrected chi connectivity index (χ2v) is 8.12. The van der Waals surface area contributed by atoms with E-state index < -0.39 is 0 Å². The smallest absolute Gasteiger partial charge is 0.255 e. The maximum absolute atomic E-state index is 12.5. The van der Waals surface area contributed by atoms with E-state index in [1.807, 2.05) is 48.5 Å². The van der Waals surface area contributed by atoms with Crippen molar-refractivity contribution in [1.82, 2.24) is 0 Å². The van der Waals surface area contributed by atoms with Crippen LogP contribution in [0.1, 0.15) is 15.9 Å². The van der Waals surface area contributed by atoms with Crippen molar-refractivity contribution in [3.05, 3.63) is 64.1 Å². The maximum atomic E-state index is 12.5. The summed E-state index contributed by atoms with van der Waals surface area (Å²) in [7, 11) is 0. The number of hydrogen-bond donors (Lipinski definition) is 1. The van der Waals surface area contributed by atoms with Crippen molar-refractivity contribution in [2.24, 2.45) is 4.99 Å². The molecule has 1 aliphatic heterocycles. The van der Waals surface area contributed by atoms with Gasteiger partial charge in [0, 0.05) is 27.2 Å². The van der Waals surface area contributed by atoms with Crippen LogP contribution in [-0.4, -0.2) is 22.6 Å². The van der Waals surface area contributed by atoms with Gasteiger partial charge in [-0.25, -0.2) is 0 Å². The van der Waals surface area contributed by atoms with Gasteiger partial charge in [0.1, 0.15) is 4.38 Å². The number of rotatable bonds is 4. The molecule has 118 valence electrons. The van der Waals surface area contributed by atoms with Crippen LogP contribution in [0.4, 0.5) is 5.69 Å². The van der Waals surface area contributed by atoms with Crippen molar-refractivity contribution in [3.63, 3.8) is 0 Å². The molecule has 23 heavy (non-hydrogen) atoms. The Morgan fingerprint density at radius 3 is 2.74 bits per heavy atom. The van der Waals surface area contributed by atoms with Gasteiger partial charge in [-0.2, -0.15) is 0 Å². The van der Waals surface area contributed by atoms with Crippen LogP contribution in [0.3, 0.4) is 0 Å². The van der Waals surface area contributed by atoms with E-state index in [4.69, 9.17) is 0 Å². The van der Waals surface area contributed by atoms with Gasteiger partial charge in [0.2, 0.25) is 0 Å². The largest absolute Gasteiger partial charge is 0.322 e. The van der Waals surface area contributed by atoms with Gasteiger partial charge in [0.15, 0.2) is 0 Å². The zero-order chi connectivity index (χ0) is 16.1. The fraction of sp³-hybridized carbons (Fsp3) is 0.176. The van der Waals surface area contributed by atoms with Crippen LogP contribution in [0.5, 0.6) is 0 Å². The summed E-state index contributed by atoms with van der Waals surface area (Å²) in [6, 6.07) is 15.3. The molecule has 3 rings (SSSR count). The standard InChI is InChI=1S/C17H15BrN2OS2/c18-13-5-7-14(8-6-13)20-16(21)15-4-2-1-3-12(15)11-23-17-19-9-10-22-17/h1-8H,9-11H2,(H,20,21). The molecule has 2 aromatic carbocycles. The van der Waals surface area contributed by atoms with Crippen molar-refractivity contribution in [3.8, 4) is 0 Å². The van der Waals surface area contributed by atoms with Gasteiger partial charge in [-0.1, -0.05) is 57.7 Å². The van der Waals surface area contributed by atoms with Crippen LogP contribution in [0, 0.1) is 0 Å². The van der Waals surface area contributed by atoms with Crippen molar-refractivity contribution >= 4 is 55.4 Å². The molecule has 1 amide bonds. The Hall–Kier alpha value is -1.24. The molecular formula is C17H15BrN2OS2. The molecule has 0 saturated carbocycles. The van der Waals surface area contributed by atoms with E-state index in [2.05, 4.69) is 26.2 Å². The highest BCUT2D eigenvalue weighted by Crippen LogP contribution is 2.26. The van der Waals surface area contributed by atoms with Crippen molar-refractivity contribution in [1.29, 1.82) is 0 Å². The summed E-state index contributed by atoms with van der Waals surface area (Å²) in [5, 5.41) is 2.95. The highest BCUT2D eigenvalue weighted by molar-refractivity contribution is 9.10. The van der Waals surface area contributed by atoms with Crippen LogP contribution >= 0.6 is 39.5 Å². The van der Waals surface area contributed by atoms with Crippen LogP contribution in [0.15, 0.2) is 58.0 Å². The molecule has 0 fully saturated rings. The molecule has 6 heteroatoms. The van der Waals surface area contributed by atoms with Gasteiger partial charge in [0.05, 0.1) is 6.54 Å². The second-order valence-electron chi connectivity index (χ2n) is 4.90. The minimum Gasteiger partial charge on any atom is -0.322 e. The average molecular weight is 407 g/mol. The summed E-state index contributed by atoms with van der Waals surface area (Å²) in [5.74, 6) is 1.74. The SMILES string of the molecule is O=C(Nc1ccc(Br)cc1)c1ccccc1CSC1=NCCS1. The van der Waals surface area contributed by atoms with Gasteiger partial charge in [-0.3, -0.25) is 9.79 Å². The fourth-order valence-corrected chi connectivity index (χ4v) is 4.42. The second kappa shape index (κ2) is 8.04. The number of halogens is 1. The lowest BCUT2D eigenvalue weighted by molar-refractivity contribution is 0.102. The Balaban J connectivity index is 1.70. The summed E-state index contributed by atoms with van der Waals surface area (Å²) in [5.41, 5.74) is 2.53. The van der Waals surface area contributed by atoms with Crippen LogP contribution in [-0.2, 0) is 5.75 Å². The number of aliphatic imine (C=N–C) groups is 1. The van der Waals surface area contributed by atoms with Gasteiger partial charge in [-0.05, 0) is 35.9 Å². The maximum Gasteiger partial charge on any atom is 0.255 e. The lowest BCUT2D eigenvalue weighted by Crippen LogP contribution is -2.14. The van der Waals surface area contributed by atoms with E-state index in [9.17, 15) is 4.79 Å². The Morgan fingerprint density at radius 1 is 1.22 bits per heavy atom. The van der Waals surface area contributed by atoms with Gasteiger partial charge in [-0.15, -0.1) is 0 Å². The Bertz CT molecular complexity index is 732. The van der Waals surface area contributed by atoms with Gasteiger partial charge < -0.3 is 5.32 Å². The number of hydrogen-bond acceptors (Lipinski definition) is 4. The highest BCUT2D eigenvalue weighted by atomic mass is 79.9. The summed E-state index contributed by atoms with van der Waals surface area (Å²) < 4.78 is 2.11. The number of amides is 1. The van der Waals surface area contributed by atoms with Crippen LogP contribution in [0.25, 0.3) is 0 Å². The zero-order valence-electron chi connectivity index (χ0n) is 12.3. The molecule has 1 aliphatic rings. The van der Waals surface area contributed by atoms with Crippen molar-refractivity contribution in [2.75, 3.05) is 17.6 Å². The highest BCUT2D eigenvalue weighted by Gasteiger charge is 2.13. The van der Waals surface area contributed by atoms with Gasteiger partial charge in [0.25, 0.3) is 5.91 Å². The monoisotopic (exact) mass is 406 g/mol. The number of benzene rings is 2. The van der Waals surface area contributed by atoms with Crippen molar-refractivity contribution < 1.29 is 4.79 Å². The molecule has 0 spiro atoms. The third-order valence-corrected chi connectivity index (χ3v) is 6.10. The minimum absolute atomic E-state index is 0.0791. The number of anilines is 1. The molecular weight excluding hydrogens is 392 g/mol. The van der Waals surface area contributed by atoms with E-state index >= 15 is 0 Å². The Kier molecular flexibility index (Phi) is 5.80. The first-order valence-electron chi connectivity index (χ1n) is 7.17. The predicted octanol–water partition coefficient (Wildman–Crippen LogP) is 5.04. The Labute approximate surface area is 152 Å². The molecule has 3 nitrogen and oxygen atoms in total. The summed E-state index contributed by atoms with van der Waals surface area (Å²) in [6.45, 7) is 0.901. The zero-order valence-corrected chi connectivity index (χ0v) is 15.5. The molecule has 0 aromatic heterocycles. The first kappa shape index (κ1) is 16.6. The number of nitrogens with one attached hydrogen (secondary N) is 1. The van der Waals surface area contributed by atoms with Crippen LogP contribution < -0.4 is 5.32 Å². The Morgan fingerprint density at radius 2 is 2.00 bits per heavy atom. The fourth-order valence-electron chi connectivity index (χ4n) is 2.14. The topological polar surface area (TPSA) is 41.5 Å². The number of carbonyl (C=O) groups is 1. The molecule has 2 aromatic rings. The number of nitrogens with zero attached hydrogens (tertiary/aromatic N) is 1. The van der Waals surface area contributed by atoms with E-state index in [1.165, 1.54) is 0 Å². The third-order valence-electron chi connectivity index (χ3n) is 3.27. The normalized spacial score (nSPS) is 13.7. The summed E-state index contributed by atoms with van der Waals surface area (Å²) in [6.07, 6.45) is 0. The van der Waals surface area contributed by atoms with Gasteiger partial charge >= 0.3 is 0 Å². The molecule has 0 atom stereocenters. The molecule has 0 bridgehead atoms. The predicted molar refractivity (Wildman–Crippen MR) is 105 cm³/mol. The van der Waals surface area contributed by atoms with E-state index in [-0.39, 0.29) is 5.91 Å². The summed E-state index contributed by atoms with van der Waals surface area (Å²) in [4.78, 5) is 17.0. The number of thioether (sulfide) groups is 2. The molecule has 0 unspecified atom stereocenters. The molecule has 1 N–H and O–H groups in total. The van der Waals surface area contributed by atoms with E-state index in [0.717, 1.165) is 38.1 Å². The lowest BCUT2D eigenvalue weighted by atomic mass is 10.1. The van der Waals surface area contributed by atoms with E-state index in [1.54, 1.807) is 23.5 Å². The molecule has 0 aliphatic carbocycles. The first-order valence-corrected chi connectivity index (χ1v) is 9.94. The van der Waals surface area contributed by atoms with E-state index in [0.29, 0.717) is 5.56 Å². The molecule has 0 saturated heterocycles. The van der Waals surface area contributed by atoms with Crippen LogP contribution in [0.2, 0.25) is 0 Å².